The van der Waals surface area contributed by atoms with Crippen molar-refractivity contribution in [3.05, 3.63) is 47.4 Å². The van der Waals surface area contributed by atoms with Crippen LogP contribution < -0.4 is 5.32 Å². The van der Waals surface area contributed by atoms with Gasteiger partial charge < -0.3 is 14.6 Å². The van der Waals surface area contributed by atoms with Gasteiger partial charge in [0.2, 0.25) is 5.89 Å². The van der Waals surface area contributed by atoms with Gasteiger partial charge in [-0.05, 0) is 31.0 Å². The van der Waals surface area contributed by atoms with E-state index in [9.17, 15) is 9.18 Å². The van der Waals surface area contributed by atoms with Crippen LogP contribution in [0.2, 0.25) is 0 Å². The van der Waals surface area contributed by atoms with Crippen LogP contribution in [0.4, 0.5) is 4.39 Å². The molecule has 0 unspecified atom stereocenters. The fraction of sp³-hybridized carbons (Fsp3) is 0.550. The molecule has 8 heteroatoms. The van der Waals surface area contributed by atoms with Crippen LogP contribution in [0, 0.1) is 24.6 Å². The average molecular weight is 386 g/mol. The second-order valence-electron chi connectivity index (χ2n) is 8.15. The van der Waals surface area contributed by atoms with Crippen LogP contribution >= 0.6 is 0 Å². The molecule has 3 aliphatic rings. The van der Waals surface area contributed by atoms with Crippen molar-refractivity contribution in [3.8, 4) is 0 Å². The summed E-state index contributed by atoms with van der Waals surface area (Å²) in [5.41, 5.74) is 0.219. The predicted octanol–water partition coefficient (Wildman–Crippen LogP) is 1.93. The number of fused-ring (bicyclic) bond motifs is 1. The molecule has 148 valence electrons. The van der Waals surface area contributed by atoms with Gasteiger partial charge in [0.05, 0.1) is 18.2 Å². The first-order valence-electron chi connectivity index (χ1n) is 9.75. The first kappa shape index (κ1) is 17.8. The maximum absolute atomic E-state index is 13.4. The van der Waals surface area contributed by atoms with Gasteiger partial charge in [0.15, 0.2) is 5.82 Å². The average Bonchev–Trinajstić information content (AvgIpc) is 3.40. The number of nitrogens with zero attached hydrogens (tertiary/aromatic N) is 3. The van der Waals surface area contributed by atoms with Crippen molar-refractivity contribution in [2.24, 2.45) is 11.8 Å². The van der Waals surface area contributed by atoms with E-state index < -0.39 is 5.82 Å². The summed E-state index contributed by atoms with van der Waals surface area (Å²) in [6.07, 6.45) is 2.26. The predicted molar refractivity (Wildman–Crippen MR) is 96.9 cm³/mol. The largest absolute Gasteiger partial charge is 0.370 e. The minimum atomic E-state index is -0.405. The number of aromatic nitrogens is 2. The summed E-state index contributed by atoms with van der Waals surface area (Å²) in [5, 5.41) is 6.98. The van der Waals surface area contributed by atoms with Crippen molar-refractivity contribution in [2.45, 2.75) is 38.0 Å². The smallest absolute Gasteiger partial charge is 0.251 e. The van der Waals surface area contributed by atoms with Gasteiger partial charge in [-0.2, -0.15) is 4.98 Å². The molecule has 2 bridgehead atoms. The molecule has 3 aliphatic heterocycles. The molecule has 1 spiro atoms. The summed E-state index contributed by atoms with van der Waals surface area (Å²) in [6.45, 7) is 4.73. The van der Waals surface area contributed by atoms with Crippen LogP contribution in [0.3, 0.4) is 0 Å². The second-order valence-corrected chi connectivity index (χ2v) is 8.15. The minimum Gasteiger partial charge on any atom is -0.370 e. The Labute approximate surface area is 162 Å². The van der Waals surface area contributed by atoms with Crippen molar-refractivity contribution >= 4 is 5.91 Å². The van der Waals surface area contributed by atoms with Crippen LogP contribution in [-0.2, 0) is 11.3 Å². The fourth-order valence-corrected chi connectivity index (χ4v) is 5.23. The molecular formula is C20H23FN4O3. The Bertz CT molecular complexity index is 903. The number of carbonyl (C=O) groups excluding carboxylic acids is 1. The number of carbonyl (C=O) groups is 1. The van der Waals surface area contributed by atoms with Crippen molar-refractivity contribution in [1.82, 2.24) is 20.4 Å². The number of aryl methyl sites for hydroxylation is 1. The van der Waals surface area contributed by atoms with E-state index in [1.54, 1.807) is 19.1 Å². The molecule has 3 saturated heterocycles. The molecule has 4 atom stereocenters. The van der Waals surface area contributed by atoms with Gasteiger partial charge in [0.25, 0.3) is 5.91 Å². The van der Waals surface area contributed by atoms with Gasteiger partial charge in [0, 0.05) is 44.0 Å². The fourth-order valence-electron chi connectivity index (χ4n) is 5.23. The van der Waals surface area contributed by atoms with Crippen LogP contribution in [0.1, 0.15) is 34.9 Å². The zero-order chi connectivity index (χ0) is 19.3. The van der Waals surface area contributed by atoms with Gasteiger partial charge in [0.1, 0.15) is 5.82 Å². The number of amides is 1. The molecule has 28 heavy (non-hydrogen) atoms. The number of rotatable bonds is 5. The number of nitrogens with one attached hydrogen (secondary N) is 1. The third kappa shape index (κ3) is 3.00. The molecular weight excluding hydrogens is 363 g/mol. The van der Waals surface area contributed by atoms with Crippen LogP contribution in [0.15, 0.2) is 28.8 Å². The Morgan fingerprint density at radius 3 is 3.14 bits per heavy atom. The number of halogens is 1. The van der Waals surface area contributed by atoms with Crippen LogP contribution in [-0.4, -0.2) is 52.3 Å². The molecule has 1 amide bonds. The van der Waals surface area contributed by atoms with E-state index in [-0.39, 0.29) is 23.5 Å². The summed E-state index contributed by atoms with van der Waals surface area (Å²) in [6, 6.07) is 5.77. The number of hydrogen-bond acceptors (Lipinski definition) is 6. The highest BCUT2D eigenvalue weighted by Crippen LogP contribution is 2.54. The molecule has 3 fully saturated rings. The molecule has 1 aromatic carbocycles. The first-order valence-corrected chi connectivity index (χ1v) is 9.75. The summed E-state index contributed by atoms with van der Waals surface area (Å²) in [7, 11) is 0. The third-order valence-electron chi connectivity index (χ3n) is 6.37. The molecule has 0 saturated carbocycles. The SMILES string of the molecule is Cc1nc(CN2C[C@@H]3[C@H](CNC(=O)c4cccc(F)c4)[C@H]4CC[C@]3(C2)O4)no1. The zero-order valence-corrected chi connectivity index (χ0v) is 15.7. The van der Waals surface area contributed by atoms with E-state index in [1.165, 1.54) is 12.1 Å². The molecule has 0 radical (unpaired) electrons. The number of hydrogen-bond donors (Lipinski definition) is 1. The molecule has 4 heterocycles. The maximum Gasteiger partial charge on any atom is 0.251 e. The molecule has 0 aliphatic carbocycles. The Morgan fingerprint density at radius 2 is 2.36 bits per heavy atom. The third-order valence-corrected chi connectivity index (χ3v) is 6.37. The number of ether oxygens (including phenoxy) is 1. The summed E-state index contributed by atoms with van der Waals surface area (Å²) in [5.74, 6) is 1.25. The maximum atomic E-state index is 13.4. The van der Waals surface area contributed by atoms with E-state index in [1.807, 2.05) is 0 Å². The Balaban J connectivity index is 1.24. The highest BCUT2D eigenvalue weighted by Gasteiger charge is 2.62. The van der Waals surface area contributed by atoms with Gasteiger partial charge in [-0.25, -0.2) is 4.39 Å². The molecule has 5 rings (SSSR count). The van der Waals surface area contributed by atoms with Crippen molar-refractivity contribution in [2.75, 3.05) is 19.6 Å². The zero-order valence-electron chi connectivity index (χ0n) is 15.7. The minimum absolute atomic E-state index is 0.127. The van der Waals surface area contributed by atoms with Gasteiger partial charge >= 0.3 is 0 Å². The second kappa shape index (κ2) is 6.63. The van der Waals surface area contributed by atoms with Gasteiger partial charge in [-0.1, -0.05) is 11.2 Å². The normalized spacial score (nSPS) is 31.3. The molecule has 7 nitrogen and oxygen atoms in total. The molecule has 1 aromatic heterocycles. The standard InChI is InChI=1S/C20H23FN4O3/c1-12-23-18(24-28-12)10-25-9-16-15(17-5-6-20(16,11-25)27-17)8-22-19(26)13-3-2-4-14(21)7-13/h2-4,7,15-17H,5-6,8-11H2,1H3,(H,22,26)/t15-,16+,17+,20+/m0/s1. The Kier molecular flexibility index (Phi) is 4.21. The quantitative estimate of drug-likeness (QED) is 0.846. The lowest BCUT2D eigenvalue weighted by Crippen LogP contribution is -2.41. The van der Waals surface area contributed by atoms with Crippen molar-refractivity contribution in [3.63, 3.8) is 0 Å². The number of likely N-dealkylation sites (tertiary alicyclic amines) is 1. The van der Waals surface area contributed by atoms with E-state index in [2.05, 4.69) is 20.4 Å². The molecule has 1 N–H and O–H groups in total. The van der Waals surface area contributed by atoms with Crippen LogP contribution in [0.25, 0.3) is 0 Å². The van der Waals surface area contributed by atoms with E-state index in [4.69, 9.17) is 9.26 Å². The van der Waals surface area contributed by atoms with Crippen molar-refractivity contribution in [1.29, 1.82) is 0 Å². The lowest BCUT2D eigenvalue weighted by Gasteiger charge is -2.29. The van der Waals surface area contributed by atoms with Gasteiger partial charge in [-0.3, -0.25) is 9.69 Å². The molecule has 2 aromatic rings. The van der Waals surface area contributed by atoms with Gasteiger partial charge in [-0.15, -0.1) is 0 Å². The highest BCUT2D eigenvalue weighted by atomic mass is 19.1. The number of benzene rings is 1. The summed E-state index contributed by atoms with van der Waals surface area (Å²) >= 11 is 0. The topological polar surface area (TPSA) is 80.5 Å². The van der Waals surface area contributed by atoms with E-state index >= 15 is 0 Å². The lowest BCUT2D eigenvalue weighted by molar-refractivity contribution is 0.00189. The Hall–Kier alpha value is -2.32. The summed E-state index contributed by atoms with van der Waals surface area (Å²) < 4.78 is 24.8. The van der Waals surface area contributed by atoms with E-state index in [0.29, 0.717) is 36.3 Å². The lowest BCUT2D eigenvalue weighted by atomic mass is 9.73. The first-order chi connectivity index (χ1) is 13.5. The van der Waals surface area contributed by atoms with Crippen molar-refractivity contribution < 1.29 is 18.4 Å². The van der Waals surface area contributed by atoms with E-state index in [0.717, 1.165) is 25.9 Å². The monoisotopic (exact) mass is 386 g/mol. The van der Waals surface area contributed by atoms with Crippen LogP contribution in [0.5, 0.6) is 0 Å². The summed E-state index contributed by atoms with van der Waals surface area (Å²) in [4.78, 5) is 19.0. The highest BCUT2D eigenvalue weighted by molar-refractivity contribution is 5.94. The Morgan fingerprint density at radius 1 is 1.46 bits per heavy atom.